The lowest BCUT2D eigenvalue weighted by Gasteiger charge is -2.11. The molecule has 5 heteroatoms. The zero-order chi connectivity index (χ0) is 13.7. The van der Waals surface area contributed by atoms with E-state index in [1.807, 2.05) is 30.5 Å². The maximum atomic E-state index is 11.8. The number of benzene rings is 1. The van der Waals surface area contributed by atoms with Gasteiger partial charge in [0.15, 0.2) is 0 Å². The molecule has 0 aliphatic heterocycles. The van der Waals surface area contributed by atoms with E-state index in [1.54, 1.807) is 0 Å². The Morgan fingerprint density at radius 2 is 2.21 bits per heavy atom. The Morgan fingerprint density at radius 3 is 3.00 bits per heavy atom. The van der Waals surface area contributed by atoms with E-state index in [1.165, 1.54) is 0 Å². The van der Waals surface area contributed by atoms with Crippen LogP contribution in [0.15, 0.2) is 30.5 Å². The molecule has 2 rings (SSSR count). The zero-order valence-corrected chi connectivity index (χ0v) is 10.7. The molecule has 1 atom stereocenters. The Morgan fingerprint density at radius 1 is 1.42 bits per heavy atom. The van der Waals surface area contributed by atoms with E-state index in [0.29, 0.717) is 19.4 Å². The first-order valence-electron chi connectivity index (χ1n) is 6.41. The fourth-order valence-electron chi connectivity index (χ4n) is 2.05. The first-order chi connectivity index (χ1) is 9.22. The lowest BCUT2D eigenvalue weighted by atomic mass is 10.1. The number of rotatable bonds is 6. The molecule has 0 aliphatic rings. The third-order valence-corrected chi connectivity index (χ3v) is 3.09. The number of aliphatic hydroxyl groups is 1. The lowest BCUT2D eigenvalue weighted by molar-refractivity contribution is -0.122. The molecule has 1 aromatic carbocycles. The number of nitrogens with one attached hydrogen (secondary N) is 2. The molecular weight excluding hydrogens is 242 g/mol. The van der Waals surface area contributed by atoms with Crippen molar-refractivity contribution in [2.75, 3.05) is 13.2 Å². The summed E-state index contributed by atoms with van der Waals surface area (Å²) in [5.74, 6) is -0.182. The summed E-state index contributed by atoms with van der Waals surface area (Å²) in [4.78, 5) is 14.9. The van der Waals surface area contributed by atoms with Crippen molar-refractivity contribution < 1.29 is 9.90 Å². The second-order valence-corrected chi connectivity index (χ2v) is 4.54. The molecule has 0 bridgehead atoms. The van der Waals surface area contributed by atoms with E-state index in [0.717, 1.165) is 16.5 Å². The standard InChI is InChI=1S/C14H19N3O2/c15-12(14(19)16-6-3-7-18)8-10-9-17-13-5-2-1-4-11(10)13/h1-2,4-5,9,12,17-18H,3,6-8,15H2,(H,16,19)/t12-/m0/s1. The quantitative estimate of drug-likeness (QED) is 0.572. The number of H-pyrrole nitrogens is 1. The average molecular weight is 261 g/mol. The molecule has 19 heavy (non-hydrogen) atoms. The van der Waals surface area contributed by atoms with Crippen LogP contribution in [0.25, 0.3) is 10.9 Å². The van der Waals surface area contributed by atoms with E-state index in [2.05, 4.69) is 10.3 Å². The van der Waals surface area contributed by atoms with E-state index >= 15 is 0 Å². The van der Waals surface area contributed by atoms with Crippen molar-refractivity contribution in [2.24, 2.45) is 5.73 Å². The van der Waals surface area contributed by atoms with Gasteiger partial charge in [0, 0.05) is 30.3 Å². The summed E-state index contributed by atoms with van der Waals surface area (Å²) in [7, 11) is 0. The molecule has 1 heterocycles. The minimum Gasteiger partial charge on any atom is -0.396 e. The van der Waals surface area contributed by atoms with E-state index in [-0.39, 0.29) is 12.5 Å². The van der Waals surface area contributed by atoms with Crippen LogP contribution in [0.2, 0.25) is 0 Å². The van der Waals surface area contributed by atoms with Gasteiger partial charge < -0.3 is 21.1 Å². The summed E-state index contributed by atoms with van der Waals surface area (Å²) in [6.07, 6.45) is 2.94. The highest BCUT2D eigenvalue weighted by Crippen LogP contribution is 2.18. The SMILES string of the molecule is N[C@@H](Cc1c[nH]c2ccccc12)C(=O)NCCCO. The molecule has 1 aromatic heterocycles. The van der Waals surface area contributed by atoms with Gasteiger partial charge in [-0.15, -0.1) is 0 Å². The maximum absolute atomic E-state index is 11.8. The molecule has 5 nitrogen and oxygen atoms in total. The van der Waals surface area contributed by atoms with Gasteiger partial charge in [-0.05, 0) is 24.5 Å². The number of carbonyl (C=O) groups excluding carboxylic acids is 1. The molecule has 1 amide bonds. The number of aromatic amines is 1. The number of aliphatic hydroxyl groups excluding tert-OH is 1. The number of para-hydroxylation sites is 1. The number of nitrogens with two attached hydrogens (primary N) is 1. The first-order valence-corrected chi connectivity index (χ1v) is 6.41. The Labute approximate surface area is 111 Å². The van der Waals surface area contributed by atoms with Crippen LogP contribution < -0.4 is 11.1 Å². The molecule has 102 valence electrons. The number of carbonyl (C=O) groups is 1. The number of fused-ring (bicyclic) bond motifs is 1. The van der Waals surface area contributed by atoms with Crippen molar-refractivity contribution in [1.29, 1.82) is 0 Å². The van der Waals surface area contributed by atoms with Crippen molar-refractivity contribution >= 4 is 16.8 Å². The van der Waals surface area contributed by atoms with Crippen LogP contribution in [0, 0.1) is 0 Å². The van der Waals surface area contributed by atoms with Gasteiger partial charge in [-0.2, -0.15) is 0 Å². The van der Waals surface area contributed by atoms with Gasteiger partial charge in [0.1, 0.15) is 0 Å². The van der Waals surface area contributed by atoms with Gasteiger partial charge in [0.25, 0.3) is 0 Å². The Hall–Kier alpha value is -1.85. The van der Waals surface area contributed by atoms with Crippen molar-refractivity contribution in [1.82, 2.24) is 10.3 Å². The van der Waals surface area contributed by atoms with Crippen LogP contribution in [0.4, 0.5) is 0 Å². The highest BCUT2D eigenvalue weighted by molar-refractivity contribution is 5.86. The van der Waals surface area contributed by atoms with Gasteiger partial charge >= 0.3 is 0 Å². The van der Waals surface area contributed by atoms with Crippen molar-refractivity contribution in [3.63, 3.8) is 0 Å². The van der Waals surface area contributed by atoms with Gasteiger partial charge in [-0.3, -0.25) is 4.79 Å². The Kier molecular flexibility index (Phi) is 4.54. The van der Waals surface area contributed by atoms with Crippen LogP contribution in [0.1, 0.15) is 12.0 Å². The third-order valence-electron chi connectivity index (χ3n) is 3.09. The van der Waals surface area contributed by atoms with Crippen LogP contribution in [0.5, 0.6) is 0 Å². The van der Waals surface area contributed by atoms with Crippen LogP contribution >= 0.6 is 0 Å². The van der Waals surface area contributed by atoms with Crippen molar-refractivity contribution in [3.05, 3.63) is 36.0 Å². The van der Waals surface area contributed by atoms with Crippen LogP contribution in [-0.4, -0.2) is 35.2 Å². The molecule has 0 aliphatic carbocycles. The predicted molar refractivity (Wildman–Crippen MR) is 74.7 cm³/mol. The molecule has 2 aromatic rings. The minimum atomic E-state index is -0.571. The average Bonchev–Trinajstić information content (AvgIpc) is 2.82. The summed E-state index contributed by atoms with van der Waals surface area (Å²) in [6, 6.07) is 7.36. The summed E-state index contributed by atoms with van der Waals surface area (Å²) in [5.41, 5.74) is 7.98. The molecular formula is C14H19N3O2. The number of amides is 1. The summed E-state index contributed by atoms with van der Waals surface area (Å²) in [5, 5.41) is 12.5. The smallest absolute Gasteiger partial charge is 0.237 e. The first kappa shape index (κ1) is 13.6. The number of hydrogen-bond acceptors (Lipinski definition) is 3. The largest absolute Gasteiger partial charge is 0.396 e. The molecule has 0 unspecified atom stereocenters. The summed E-state index contributed by atoms with van der Waals surface area (Å²) in [6.45, 7) is 0.523. The van der Waals surface area contributed by atoms with E-state index in [4.69, 9.17) is 10.8 Å². The molecule has 0 saturated heterocycles. The maximum Gasteiger partial charge on any atom is 0.237 e. The van der Waals surface area contributed by atoms with Gasteiger partial charge in [-0.25, -0.2) is 0 Å². The van der Waals surface area contributed by atoms with Crippen LogP contribution in [0.3, 0.4) is 0 Å². The third kappa shape index (κ3) is 3.33. The number of aromatic nitrogens is 1. The fraction of sp³-hybridized carbons (Fsp3) is 0.357. The van der Waals surface area contributed by atoms with Crippen molar-refractivity contribution in [3.8, 4) is 0 Å². The van der Waals surface area contributed by atoms with Gasteiger partial charge in [0.2, 0.25) is 5.91 Å². The zero-order valence-electron chi connectivity index (χ0n) is 10.7. The second kappa shape index (κ2) is 6.36. The van der Waals surface area contributed by atoms with E-state index in [9.17, 15) is 4.79 Å². The molecule has 5 N–H and O–H groups in total. The lowest BCUT2D eigenvalue weighted by Crippen LogP contribution is -2.42. The van der Waals surface area contributed by atoms with Gasteiger partial charge in [-0.1, -0.05) is 18.2 Å². The molecule has 0 fully saturated rings. The predicted octanol–water partition coefficient (Wildman–Crippen LogP) is 0.536. The monoisotopic (exact) mass is 261 g/mol. The van der Waals surface area contributed by atoms with E-state index < -0.39 is 6.04 Å². The van der Waals surface area contributed by atoms with Crippen molar-refractivity contribution in [2.45, 2.75) is 18.9 Å². The highest BCUT2D eigenvalue weighted by Gasteiger charge is 2.15. The molecule has 0 saturated carbocycles. The normalized spacial score (nSPS) is 12.5. The molecule has 0 spiro atoms. The minimum absolute atomic E-state index is 0.0674. The fourth-order valence-corrected chi connectivity index (χ4v) is 2.05. The second-order valence-electron chi connectivity index (χ2n) is 4.54. The Bertz CT molecular complexity index is 550. The highest BCUT2D eigenvalue weighted by atomic mass is 16.3. The summed E-state index contributed by atoms with van der Waals surface area (Å²) < 4.78 is 0. The number of hydrogen-bond donors (Lipinski definition) is 4. The topological polar surface area (TPSA) is 91.1 Å². The summed E-state index contributed by atoms with van der Waals surface area (Å²) >= 11 is 0. The van der Waals surface area contributed by atoms with Gasteiger partial charge in [0.05, 0.1) is 6.04 Å². The van der Waals surface area contributed by atoms with Crippen LogP contribution in [-0.2, 0) is 11.2 Å². The Balaban J connectivity index is 1.98. The molecule has 0 radical (unpaired) electrons.